The van der Waals surface area contributed by atoms with E-state index < -0.39 is 11.6 Å². The van der Waals surface area contributed by atoms with Crippen molar-refractivity contribution in [3.05, 3.63) is 46.7 Å². The molecule has 1 aromatic carbocycles. The molecular weight excluding hydrogens is 268 g/mol. The van der Waals surface area contributed by atoms with Crippen molar-refractivity contribution in [2.45, 2.75) is 18.1 Å². The van der Waals surface area contributed by atoms with Gasteiger partial charge in [0.15, 0.2) is 6.33 Å². The van der Waals surface area contributed by atoms with Gasteiger partial charge >= 0.3 is 0 Å². The maximum absolute atomic E-state index is 13.3. The van der Waals surface area contributed by atoms with Gasteiger partial charge in [-0.15, -0.1) is 4.73 Å². The first-order valence-electron chi connectivity index (χ1n) is 5.56. The molecule has 1 N–H and O–H groups in total. The van der Waals surface area contributed by atoms with E-state index in [2.05, 4.69) is 5.10 Å². The smallest absolute Gasteiger partial charge is 0.232 e. The topological polar surface area (TPSA) is 55.5 Å². The van der Waals surface area contributed by atoms with Gasteiger partial charge < -0.3 is 9.94 Å². The summed E-state index contributed by atoms with van der Waals surface area (Å²) in [5.74, 6) is -0.365. The third-order valence-electron chi connectivity index (χ3n) is 3.15. The average Bonchev–Trinajstić information content (AvgIpc) is 2.94. The molecule has 1 fully saturated rings. The van der Waals surface area contributed by atoms with E-state index >= 15 is 0 Å². The van der Waals surface area contributed by atoms with Crippen molar-refractivity contribution in [1.82, 2.24) is 14.5 Å². The highest BCUT2D eigenvalue weighted by Gasteiger charge is 2.54. The fourth-order valence-electron chi connectivity index (χ4n) is 2.05. The van der Waals surface area contributed by atoms with Crippen LogP contribution < -0.4 is 0 Å². The molecule has 1 aromatic heterocycles. The lowest BCUT2D eigenvalue weighted by Gasteiger charge is -2.13. The molecule has 2 heterocycles. The molecule has 3 rings (SSSR count). The monoisotopic (exact) mass is 277 g/mol. The van der Waals surface area contributed by atoms with E-state index in [1.54, 1.807) is 12.1 Å². The molecule has 2 radical (unpaired) electrons. The summed E-state index contributed by atoms with van der Waals surface area (Å²) in [7, 11) is 5.80. The maximum atomic E-state index is 13.3. The summed E-state index contributed by atoms with van der Waals surface area (Å²) in [6.07, 6.45) is 1.18. The van der Waals surface area contributed by atoms with Gasteiger partial charge in [-0.25, -0.2) is 9.07 Å². The Morgan fingerprint density at radius 1 is 1.58 bits per heavy atom. The van der Waals surface area contributed by atoms with Crippen molar-refractivity contribution >= 4 is 20.1 Å². The molecule has 19 heavy (non-hydrogen) atoms. The van der Waals surface area contributed by atoms with Gasteiger partial charge in [0.25, 0.3) is 0 Å². The van der Waals surface area contributed by atoms with Crippen LogP contribution >= 0.6 is 12.2 Å². The molecule has 1 saturated heterocycles. The first-order chi connectivity index (χ1) is 9.03. The van der Waals surface area contributed by atoms with Crippen LogP contribution in [0.15, 0.2) is 30.6 Å². The second kappa shape index (κ2) is 4.17. The second-order valence-electron chi connectivity index (χ2n) is 4.35. The van der Waals surface area contributed by atoms with Crippen LogP contribution in [-0.2, 0) is 16.9 Å². The van der Waals surface area contributed by atoms with Gasteiger partial charge in [0.05, 0.1) is 12.5 Å². The molecule has 0 aliphatic carbocycles. The first kappa shape index (κ1) is 12.4. The van der Waals surface area contributed by atoms with Crippen LogP contribution in [0.3, 0.4) is 0 Å². The summed E-state index contributed by atoms with van der Waals surface area (Å²) in [6, 6.07) is 5.48. The number of aromatic nitrogens is 3. The minimum atomic E-state index is -0.853. The van der Waals surface area contributed by atoms with Gasteiger partial charge in [0.1, 0.15) is 19.3 Å². The van der Waals surface area contributed by atoms with Crippen LogP contribution in [0.4, 0.5) is 4.39 Å². The number of hydrogen-bond acceptors (Lipinski definition) is 4. The highest BCUT2D eigenvalue weighted by atomic mass is 32.1. The third kappa shape index (κ3) is 1.96. The van der Waals surface area contributed by atoms with E-state index in [-0.39, 0.29) is 17.1 Å². The molecule has 0 saturated carbocycles. The van der Waals surface area contributed by atoms with Crippen molar-refractivity contribution in [3.63, 3.8) is 0 Å². The fourth-order valence-corrected chi connectivity index (χ4v) is 2.21. The molecule has 5 nitrogen and oxygen atoms in total. The number of benzene rings is 1. The lowest BCUT2D eigenvalue weighted by molar-refractivity contribution is 0.177. The normalized spacial score (nSPS) is 25.4. The Labute approximate surface area is 114 Å². The molecule has 2 aromatic rings. The Kier molecular flexibility index (Phi) is 2.72. The lowest BCUT2D eigenvalue weighted by Crippen LogP contribution is -2.22. The maximum Gasteiger partial charge on any atom is 0.232 e. The number of nitrogens with zero attached hydrogens (tertiary/aromatic N) is 3. The van der Waals surface area contributed by atoms with Crippen LogP contribution in [0.5, 0.6) is 0 Å². The van der Waals surface area contributed by atoms with Gasteiger partial charge in [0, 0.05) is 0 Å². The molecule has 0 bridgehead atoms. The summed E-state index contributed by atoms with van der Waals surface area (Å²) >= 11 is 4.98. The molecule has 0 amide bonds. The predicted molar refractivity (Wildman–Crippen MR) is 66.9 cm³/mol. The molecule has 0 spiro atoms. The van der Waals surface area contributed by atoms with Crippen LogP contribution in [-0.4, -0.2) is 33.6 Å². The molecule has 8 heteroatoms. The Morgan fingerprint density at radius 3 is 2.84 bits per heavy atom. The highest BCUT2D eigenvalue weighted by molar-refractivity contribution is 7.71. The molecule has 2 atom stereocenters. The predicted octanol–water partition coefficient (Wildman–Crippen LogP) is 1.21. The number of hydrogen-bond donors (Lipinski definition) is 1. The molecular formula is C11H9BFN3O2S. The van der Waals surface area contributed by atoms with Gasteiger partial charge in [0.2, 0.25) is 4.77 Å². The number of halogens is 1. The average molecular weight is 277 g/mol. The Balaban J connectivity index is 1.97. The van der Waals surface area contributed by atoms with Crippen LogP contribution in [0, 0.1) is 10.6 Å². The number of ether oxygens (including phenoxy) is 1. The van der Waals surface area contributed by atoms with E-state index in [1.165, 1.54) is 23.1 Å². The number of epoxide rings is 1. The Bertz CT molecular complexity index is 689. The zero-order valence-corrected chi connectivity index (χ0v) is 10.5. The molecule has 1 aliphatic heterocycles. The molecule has 2 unspecified atom stereocenters. The van der Waals surface area contributed by atoms with E-state index in [4.69, 9.17) is 24.8 Å². The van der Waals surface area contributed by atoms with Crippen molar-refractivity contribution in [2.75, 3.05) is 0 Å². The minimum Gasteiger partial charge on any atom is -0.425 e. The van der Waals surface area contributed by atoms with Crippen LogP contribution in [0.2, 0.25) is 0 Å². The number of rotatable bonds is 3. The summed E-state index contributed by atoms with van der Waals surface area (Å²) in [5, 5.41) is 13.3. The Morgan fingerprint density at radius 2 is 2.32 bits per heavy atom. The summed E-state index contributed by atoms with van der Waals surface area (Å²) in [4.78, 5) is 0. The van der Waals surface area contributed by atoms with Gasteiger partial charge in [-0.05, 0) is 29.9 Å². The van der Waals surface area contributed by atoms with Crippen molar-refractivity contribution < 1.29 is 14.3 Å². The van der Waals surface area contributed by atoms with Gasteiger partial charge in [-0.2, -0.15) is 5.10 Å². The largest absolute Gasteiger partial charge is 0.425 e. The minimum absolute atomic E-state index is 0.124. The fraction of sp³-hybridized carbons (Fsp3) is 0.273. The summed E-state index contributed by atoms with van der Waals surface area (Å²) in [5.41, 5.74) is -0.233. The SMILES string of the molecule is [B]C1OC1(Cn1ncn(O)c1=S)c1cccc(F)c1. The second-order valence-corrected chi connectivity index (χ2v) is 4.72. The van der Waals surface area contributed by atoms with E-state index in [0.29, 0.717) is 5.56 Å². The highest BCUT2D eigenvalue weighted by Crippen LogP contribution is 2.46. The van der Waals surface area contributed by atoms with Crippen LogP contribution in [0.1, 0.15) is 5.56 Å². The van der Waals surface area contributed by atoms with E-state index in [9.17, 15) is 9.60 Å². The van der Waals surface area contributed by atoms with E-state index in [0.717, 1.165) is 4.73 Å². The Hall–Kier alpha value is -1.67. The summed E-state index contributed by atoms with van der Waals surface area (Å²) < 4.78 is 20.9. The van der Waals surface area contributed by atoms with Crippen molar-refractivity contribution in [3.8, 4) is 0 Å². The van der Waals surface area contributed by atoms with Gasteiger partial charge in [-0.3, -0.25) is 0 Å². The van der Waals surface area contributed by atoms with Crippen molar-refractivity contribution in [1.29, 1.82) is 0 Å². The quantitative estimate of drug-likeness (QED) is 0.396. The molecule has 96 valence electrons. The standard InChI is InChI=1S/C11H9BFN3O2S/c12-9-11(18-9,7-2-1-3-8(13)4-7)5-15-10(19)16(17)6-14-15/h1-4,6,9,17H,5H2. The summed E-state index contributed by atoms with van der Waals surface area (Å²) in [6.45, 7) is 0.212. The first-order valence-corrected chi connectivity index (χ1v) is 5.97. The van der Waals surface area contributed by atoms with Crippen LogP contribution in [0.25, 0.3) is 0 Å². The van der Waals surface area contributed by atoms with Gasteiger partial charge in [-0.1, -0.05) is 12.1 Å². The van der Waals surface area contributed by atoms with E-state index in [1.807, 2.05) is 0 Å². The molecule has 1 aliphatic rings. The zero-order chi connectivity index (χ0) is 13.6. The third-order valence-corrected chi connectivity index (χ3v) is 3.55. The zero-order valence-electron chi connectivity index (χ0n) is 9.73. The lowest BCUT2D eigenvalue weighted by atomic mass is 9.85. The van der Waals surface area contributed by atoms with Crippen molar-refractivity contribution in [2.24, 2.45) is 0 Å².